The van der Waals surface area contributed by atoms with E-state index in [0.29, 0.717) is 14.4 Å². The lowest BCUT2D eigenvalue weighted by atomic mass is 10.2. The van der Waals surface area contributed by atoms with Crippen molar-refractivity contribution in [1.29, 1.82) is 0 Å². The molecule has 2 N–H and O–H groups in total. The fourth-order valence-corrected chi connectivity index (χ4v) is 3.23. The molecular weight excluding hydrogens is 338 g/mol. The largest absolute Gasteiger partial charge is 0.344 e. The van der Waals surface area contributed by atoms with Crippen molar-refractivity contribution >= 4 is 28.2 Å². The van der Waals surface area contributed by atoms with E-state index in [4.69, 9.17) is 0 Å². The summed E-state index contributed by atoms with van der Waals surface area (Å²) in [6, 6.07) is 1.74. The number of nitrogens with zero attached hydrogens (tertiary/aromatic N) is 2. The molecule has 2 amide bonds. The zero-order valence-corrected chi connectivity index (χ0v) is 13.7. The number of anilines is 1. The van der Waals surface area contributed by atoms with Gasteiger partial charge < -0.3 is 10.6 Å². The van der Waals surface area contributed by atoms with Crippen molar-refractivity contribution in [2.24, 2.45) is 5.92 Å². The lowest BCUT2D eigenvalue weighted by Crippen LogP contribution is -2.24. The lowest BCUT2D eigenvalue weighted by Gasteiger charge is -2.07. The number of rotatable bonds is 6. The molecule has 0 radical (unpaired) electrons. The summed E-state index contributed by atoms with van der Waals surface area (Å²) in [6.07, 6.45) is 4.23. The number of halogens is 2. The molecule has 1 saturated carbocycles. The second kappa shape index (κ2) is 6.68. The Morgan fingerprint density at radius 3 is 2.88 bits per heavy atom. The molecule has 0 aliphatic heterocycles. The summed E-state index contributed by atoms with van der Waals surface area (Å²) in [5.41, 5.74) is 0.723. The van der Waals surface area contributed by atoms with Gasteiger partial charge in [0.2, 0.25) is 5.91 Å². The van der Waals surface area contributed by atoms with Crippen molar-refractivity contribution in [3.63, 3.8) is 0 Å². The molecule has 2 heterocycles. The van der Waals surface area contributed by atoms with Crippen molar-refractivity contribution in [2.75, 3.05) is 5.32 Å². The van der Waals surface area contributed by atoms with E-state index in [9.17, 15) is 18.4 Å². The SMILES string of the molecule is Cc1cc(NC(=O)C2CC2)sc1C(=O)NCc1nccn1C(F)F. The minimum Gasteiger partial charge on any atom is -0.344 e. The zero-order chi connectivity index (χ0) is 17.3. The highest BCUT2D eigenvalue weighted by Gasteiger charge is 2.30. The number of nitrogens with one attached hydrogen (secondary N) is 2. The van der Waals surface area contributed by atoms with Crippen LogP contribution < -0.4 is 10.6 Å². The second-order valence-electron chi connectivity index (χ2n) is 5.60. The molecule has 1 aliphatic rings. The first kappa shape index (κ1) is 16.6. The average molecular weight is 354 g/mol. The molecule has 1 aliphatic carbocycles. The van der Waals surface area contributed by atoms with Crippen LogP contribution >= 0.6 is 11.3 Å². The van der Waals surface area contributed by atoms with Gasteiger partial charge in [-0.05, 0) is 31.4 Å². The van der Waals surface area contributed by atoms with Gasteiger partial charge in [0.05, 0.1) is 16.4 Å². The smallest absolute Gasteiger partial charge is 0.319 e. The molecule has 0 spiro atoms. The quantitative estimate of drug-likeness (QED) is 0.837. The van der Waals surface area contributed by atoms with E-state index >= 15 is 0 Å². The molecule has 1 fully saturated rings. The predicted octanol–water partition coefficient (Wildman–Crippen LogP) is 2.93. The van der Waals surface area contributed by atoms with Gasteiger partial charge in [-0.3, -0.25) is 14.2 Å². The number of hydrogen-bond donors (Lipinski definition) is 2. The maximum Gasteiger partial charge on any atom is 0.319 e. The number of amides is 2. The van der Waals surface area contributed by atoms with Crippen LogP contribution in [0.4, 0.5) is 13.8 Å². The normalized spacial score (nSPS) is 14.0. The number of carbonyl (C=O) groups excluding carboxylic acids is 2. The third-order valence-corrected chi connectivity index (χ3v) is 4.84. The molecule has 3 rings (SSSR count). The van der Waals surface area contributed by atoms with Gasteiger partial charge in [-0.25, -0.2) is 4.98 Å². The standard InChI is InChI=1S/C15H16F2N4O2S/c1-8-6-11(20-13(22)9-2-3-9)24-12(8)14(23)19-7-10-18-4-5-21(10)15(16)17/h4-6,9,15H,2-3,7H2,1H3,(H,19,23)(H,20,22). The number of alkyl halides is 2. The highest BCUT2D eigenvalue weighted by molar-refractivity contribution is 7.18. The molecule has 128 valence electrons. The first-order valence-electron chi connectivity index (χ1n) is 7.45. The van der Waals surface area contributed by atoms with Gasteiger partial charge in [0.15, 0.2) is 0 Å². The summed E-state index contributed by atoms with van der Waals surface area (Å²) in [7, 11) is 0. The van der Waals surface area contributed by atoms with E-state index in [1.165, 1.54) is 17.5 Å². The number of aryl methyl sites for hydroxylation is 1. The number of thiophene rings is 1. The highest BCUT2D eigenvalue weighted by Crippen LogP contribution is 2.32. The van der Waals surface area contributed by atoms with Crippen LogP contribution in [0.2, 0.25) is 0 Å². The van der Waals surface area contributed by atoms with Crippen LogP contribution in [-0.4, -0.2) is 21.4 Å². The Kier molecular flexibility index (Phi) is 4.61. The Bertz CT molecular complexity index is 767. The Hall–Kier alpha value is -2.29. The Balaban J connectivity index is 1.63. The van der Waals surface area contributed by atoms with E-state index in [1.54, 1.807) is 13.0 Å². The zero-order valence-electron chi connectivity index (χ0n) is 12.9. The summed E-state index contributed by atoms with van der Waals surface area (Å²) >= 11 is 1.17. The van der Waals surface area contributed by atoms with Crippen LogP contribution in [0, 0.1) is 12.8 Å². The summed E-state index contributed by atoms with van der Waals surface area (Å²) in [4.78, 5) is 28.3. The fourth-order valence-electron chi connectivity index (χ4n) is 2.24. The summed E-state index contributed by atoms with van der Waals surface area (Å²) in [6.45, 7) is -1.04. The Morgan fingerprint density at radius 2 is 2.21 bits per heavy atom. The third kappa shape index (κ3) is 3.61. The van der Waals surface area contributed by atoms with Crippen molar-refractivity contribution in [3.05, 3.63) is 34.7 Å². The predicted molar refractivity (Wildman–Crippen MR) is 85.1 cm³/mol. The molecule has 2 aromatic rings. The molecule has 2 aromatic heterocycles. The van der Waals surface area contributed by atoms with Crippen molar-refractivity contribution < 1.29 is 18.4 Å². The third-order valence-electron chi connectivity index (χ3n) is 3.68. The summed E-state index contributed by atoms with van der Waals surface area (Å²) in [5.74, 6) is -0.247. The maximum absolute atomic E-state index is 12.7. The number of imidazole rings is 1. The molecule has 0 bridgehead atoms. The first-order valence-corrected chi connectivity index (χ1v) is 8.26. The molecule has 9 heteroatoms. The van der Waals surface area contributed by atoms with Gasteiger partial charge in [0.1, 0.15) is 5.82 Å². The molecule has 0 saturated heterocycles. The van der Waals surface area contributed by atoms with Gasteiger partial charge >= 0.3 is 6.55 Å². The monoisotopic (exact) mass is 354 g/mol. The van der Waals surface area contributed by atoms with Crippen LogP contribution in [-0.2, 0) is 11.3 Å². The topological polar surface area (TPSA) is 76.0 Å². The molecular formula is C15H16F2N4O2S. The van der Waals surface area contributed by atoms with Gasteiger partial charge in [-0.1, -0.05) is 0 Å². The van der Waals surface area contributed by atoms with E-state index in [1.807, 2.05) is 0 Å². The fraction of sp³-hybridized carbons (Fsp3) is 0.400. The van der Waals surface area contributed by atoms with E-state index in [0.717, 1.165) is 24.6 Å². The van der Waals surface area contributed by atoms with E-state index in [2.05, 4.69) is 15.6 Å². The summed E-state index contributed by atoms with van der Waals surface area (Å²) < 4.78 is 26.2. The van der Waals surface area contributed by atoms with Crippen LogP contribution in [0.5, 0.6) is 0 Å². The number of hydrogen-bond acceptors (Lipinski definition) is 4. The molecule has 6 nitrogen and oxygen atoms in total. The average Bonchev–Trinajstić information content (AvgIpc) is 3.17. The molecule has 0 aromatic carbocycles. The van der Waals surface area contributed by atoms with Crippen molar-refractivity contribution in [2.45, 2.75) is 32.9 Å². The van der Waals surface area contributed by atoms with Crippen LogP contribution in [0.15, 0.2) is 18.5 Å². The Labute approximate surface area is 140 Å². The molecule has 0 atom stereocenters. The number of carbonyl (C=O) groups is 2. The van der Waals surface area contributed by atoms with Crippen LogP contribution in [0.1, 0.15) is 40.5 Å². The first-order chi connectivity index (χ1) is 11.5. The minimum atomic E-state index is -2.70. The number of aromatic nitrogens is 2. The Morgan fingerprint density at radius 1 is 1.46 bits per heavy atom. The molecule has 0 unspecified atom stereocenters. The van der Waals surface area contributed by atoms with Crippen molar-refractivity contribution in [1.82, 2.24) is 14.9 Å². The molecule has 24 heavy (non-hydrogen) atoms. The van der Waals surface area contributed by atoms with Crippen LogP contribution in [0.25, 0.3) is 0 Å². The van der Waals surface area contributed by atoms with Gasteiger partial charge in [-0.15, -0.1) is 11.3 Å². The summed E-state index contributed by atoms with van der Waals surface area (Å²) in [5, 5.41) is 5.99. The van der Waals surface area contributed by atoms with Gasteiger partial charge in [0, 0.05) is 18.3 Å². The van der Waals surface area contributed by atoms with Crippen LogP contribution in [0.3, 0.4) is 0 Å². The van der Waals surface area contributed by atoms with Gasteiger partial charge in [-0.2, -0.15) is 8.78 Å². The highest BCUT2D eigenvalue weighted by atomic mass is 32.1. The van der Waals surface area contributed by atoms with Gasteiger partial charge in [0.25, 0.3) is 5.91 Å². The van der Waals surface area contributed by atoms with E-state index < -0.39 is 6.55 Å². The van der Waals surface area contributed by atoms with Crippen molar-refractivity contribution in [3.8, 4) is 0 Å². The second-order valence-corrected chi connectivity index (χ2v) is 6.65. The maximum atomic E-state index is 12.7. The minimum absolute atomic E-state index is 0.0258. The van der Waals surface area contributed by atoms with E-state index in [-0.39, 0.29) is 30.1 Å². The lowest BCUT2D eigenvalue weighted by molar-refractivity contribution is -0.117.